The zero-order chi connectivity index (χ0) is 35.6. The number of benzene rings is 1. The first-order chi connectivity index (χ1) is 21.7. The summed E-state index contributed by atoms with van der Waals surface area (Å²) < 4.78 is 5.11. The van der Waals surface area contributed by atoms with E-state index in [1.54, 1.807) is 6.07 Å². The molecule has 3 rings (SSSR count). The summed E-state index contributed by atoms with van der Waals surface area (Å²) in [5.41, 5.74) is 9.59. The molecule has 1 aromatic rings. The van der Waals surface area contributed by atoms with Crippen molar-refractivity contribution in [2.75, 3.05) is 18.5 Å². The summed E-state index contributed by atoms with van der Waals surface area (Å²) >= 11 is 4.09. The maximum absolute atomic E-state index is 12.5. The molecular weight excluding hydrogens is 606 g/mol. The Labute approximate surface area is 279 Å². The largest absolute Gasteiger partial charge is 0.481 e. The van der Waals surface area contributed by atoms with Gasteiger partial charge < -0.3 is 20.9 Å². The first-order valence-electron chi connectivity index (χ1n) is 15.8. The highest BCUT2D eigenvalue weighted by atomic mass is 32.1. The molecule has 2 aliphatic rings. The van der Waals surface area contributed by atoms with E-state index in [0.29, 0.717) is 5.69 Å². The SMILES string of the molecule is C/C=C\C1=C(/C=C\C)C(COC(N)=O)c2cc(NC(=O)CCN3C(=O)CC(S)C3=O)ccc21.CC.CC.CCC(C)(C)CC(=O)O. The third kappa shape index (κ3) is 12.9. The van der Waals surface area contributed by atoms with Crippen molar-refractivity contribution in [3.8, 4) is 0 Å². The summed E-state index contributed by atoms with van der Waals surface area (Å²) in [6, 6.07) is 5.55. The summed E-state index contributed by atoms with van der Waals surface area (Å²) in [7, 11) is 0. The Morgan fingerprint density at radius 2 is 1.72 bits per heavy atom. The van der Waals surface area contributed by atoms with Crippen LogP contribution >= 0.6 is 12.6 Å². The molecule has 1 aromatic carbocycles. The van der Waals surface area contributed by atoms with Gasteiger partial charge in [0.1, 0.15) is 6.61 Å². The summed E-state index contributed by atoms with van der Waals surface area (Å²) in [5, 5.41) is 10.6. The van der Waals surface area contributed by atoms with Gasteiger partial charge in [-0.3, -0.25) is 24.1 Å². The molecule has 0 spiro atoms. The number of hydrogen-bond donors (Lipinski definition) is 4. The van der Waals surface area contributed by atoms with E-state index in [-0.39, 0.29) is 61.5 Å². The van der Waals surface area contributed by atoms with E-state index in [0.717, 1.165) is 33.6 Å². The van der Waals surface area contributed by atoms with E-state index in [2.05, 4.69) is 17.9 Å². The Bertz CT molecular complexity index is 1300. The van der Waals surface area contributed by atoms with Crippen molar-refractivity contribution < 1.29 is 33.8 Å². The number of thiol groups is 1. The van der Waals surface area contributed by atoms with E-state index in [1.165, 1.54) is 0 Å². The van der Waals surface area contributed by atoms with Crippen molar-refractivity contribution in [3.05, 3.63) is 59.2 Å². The number of nitrogens with zero attached hydrogens (tertiary/aromatic N) is 1. The molecule has 2 unspecified atom stereocenters. The standard InChI is InChI=1S/C24H27N3O5S.C7H14O2.2C2H6/c1-3-5-15-16(6-4-2)19(13-32-24(25)31)18-11-14(7-8-17(15)18)26-21(28)9-10-27-22(29)12-20(33)23(27)30;1-4-7(2,3)5-6(8)9;2*1-2/h3-8,11,19-20,33H,9-10,12-13H2,1-2H3,(H2,25,31)(H,26,28);4-5H2,1-3H3,(H,8,9);2*1-2H3/b5-3-,6-4-;;;. The van der Waals surface area contributed by atoms with Crippen LogP contribution in [0.25, 0.3) is 5.57 Å². The first kappa shape index (κ1) is 42.1. The fraction of sp³-hybridized carbons (Fsp3) is 0.514. The number of imide groups is 1. The van der Waals surface area contributed by atoms with E-state index in [1.807, 2.05) is 98.8 Å². The second-order valence-electron chi connectivity index (χ2n) is 10.8. The van der Waals surface area contributed by atoms with Crippen molar-refractivity contribution >= 4 is 53.7 Å². The summed E-state index contributed by atoms with van der Waals surface area (Å²) in [6.45, 7) is 17.8. The number of carbonyl (C=O) groups excluding carboxylic acids is 4. The Balaban J connectivity index is 0.00000133. The fourth-order valence-electron chi connectivity index (χ4n) is 4.64. The van der Waals surface area contributed by atoms with Crippen molar-refractivity contribution in [3.63, 3.8) is 0 Å². The number of carboxylic acids is 1. The number of anilines is 1. The van der Waals surface area contributed by atoms with E-state index in [9.17, 15) is 24.0 Å². The third-order valence-corrected chi connectivity index (χ3v) is 7.53. The predicted molar refractivity (Wildman–Crippen MR) is 188 cm³/mol. The number of fused-ring (bicyclic) bond motifs is 1. The van der Waals surface area contributed by atoms with Crippen molar-refractivity contribution in [2.24, 2.45) is 11.1 Å². The Morgan fingerprint density at radius 1 is 1.11 bits per heavy atom. The van der Waals surface area contributed by atoms with Crippen LogP contribution in [0.4, 0.5) is 10.5 Å². The lowest BCUT2D eigenvalue weighted by Gasteiger charge is -2.18. The number of carboxylic acid groups (broad SMARTS) is 1. The van der Waals surface area contributed by atoms with Crippen LogP contribution in [-0.4, -0.2) is 58.2 Å². The lowest BCUT2D eigenvalue weighted by Crippen LogP contribution is -2.33. The molecule has 0 radical (unpaired) electrons. The van der Waals surface area contributed by atoms with Crippen molar-refractivity contribution in [1.29, 1.82) is 0 Å². The molecule has 1 aliphatic carbocycles. The Morgan fingerprint density at radius 3 is 2.17 bits per heavy atom. The average Bonchev–Trinajstić information content (AvgIpc) is 3.43. The number of amides is 4. The van der Waals surface area contributed by atoms with Gasteiger partial charge in [0.05, 0.1) is 11.7 Å². The number of aliphatic carboxylic acids is 1. The molecule has 0 bridgehead atoms. The molecule has 1 heterocycles. The van der Waals surface area contributed by atoms with Crippen molar-refractivity contribution in [1.82, 2.24) is 4.90 Å². The number of allylic oxidation sites excluding steroid dienone is 5. The minimum Gasteiger partial charge on any atom is -0.481 e. The molecule has 4 N–H and O–H groups in total. The predicted octanol–water partition coefficient (Wildman–Crippen LogP) is 7.12. The van der Waals surface area contributed by atoms with Gasteiger partial charge >= 0.3 is 12.1 Å². The number of hydrogen-bond acceptors (Lipinski definition) is 7. The minimum atomic E-state index is -0.852. The van der Waals surface area contributed by atoms with Crippen LogP contribution in [0.3, 0.4) is 0 Å². The fourth-order valence-corrected chi connectivity index (χ4v) is 4.94. The molecule has 46 heavy (non-hydrogen) atoms. The summed E-state index contributed by atoms with van der Waals surface area (Å²) in [4.78, 5) is 58.8. The highest BCUT2D eigenvalue weighted by Crippen LogP contribution is 2.44. The zero-order valence-electron chi connectivity index (χ0n) is 28.8. The molecule has 256 valence electrons. The summed E-state index contributed by atoms with van der Waals surface area (Å²) in [5.74, 6) is -1.95. The molecule has 2 atom stereocenters. The van der Waals surface area contributed by atoms with Gasteiger partial charge in [-0.05, 0) is 53.7 Å². The van der Waals surface area contributed by atoms with Crippen LogP contribution in [0.1, 0.15) is 105 Å². The highest BCUT2D eigenvalue weighted by molar-refractivity contribution is 7.81. The molecule has 1 aliphatic heterocycles. The normalized spacial score (nSPS) is 17.0. The molecule has 0 aromatic heterocycles. The van der Waals surface area contributed by atoms with Gasteiger partial charge in [-0.1, -0.05) is 85.3 Å². The van der Waals surface area contributed by atoms with E-state index >= 15 is 0 Å². The van der Waals surface area contributed by atoms with Crippen LogP contribution in [-0.2, 0) is 23.9 Å². The molecule has 4 amide bonds. The van der Waals surface area contributed by atoms with Crippen LogP contribution in [0.15, 0.2) is 48.1 Å². The van der Waals surface area contributed by atoms with Crippen LogP contribution in [0.5, 0.6) is 0 Å². The Kier molecular flexibility index (Phi) is 19.3. The Hall–Kier alpha value is -3.86. The highest BCUT2D eigenvalue weighted by Gasteiger charge is 2.36. The number of carbonyl (C=O) groups is 5. The molecule has 10 nitrogen and oxygen atoms in total. The topological polar surface area (TPSA) is 156 Å². The van der Waals surface area contributed by atoms with Gasteiger partial charge in [0.2, 0.25) is 17.7 Å². The van der Waals surface area contributed by atoms with E-state index in [4.69, 9.17) is 15.6 Å². The lowest BCUT2D eigenvalue weighted by molar-refractivity contribution is -0.140. The average molecular weight is 660 g/mol. The van der Waals surface area contributed by atoms with Gasteiger partial charge in [0.25, 0.3) is 0 Å². The lowest BCUT2D eigenvalue weighted by atomic mass is 9.87. The molecular formula is C35H53N3O7S. The minimum absolute atomic E-state index is 0.0129. The first-order valence-corrected chi connectivity index (χ1v) is 16.4. The zero-order valence-corrected chi connectivity index (χ0v) is 29.7. The molecule has 11 heteroatoms. The number of primary amides is 1. The smallest absolute Gasteiger partial charge is 0.404 e. The second kappa shape index (κ2) is 21.0. The van der Waals surface area contributed by atoms with Gasteiger partial charge in [0.15, 0.2) is 0 Å². The number of nitrogens with two attached hydrogens (primary N) is 1. The van der Waals surface area contributed by atoms with Gasteiger partial charge in [-0.15, -0.1) is 0 Å². The molecule has 0 saturated carbocycles. The quantitative estimate of drug-likeness (QED) is 0.146. The number of ether oxygens (including phenoxy) is 1. The van der Waals surface area contributed by atoms with E-state index < -0.39 is 17.3 Å². The molecule has 1 saturated heterocycles. The summed E-state index contributed by atoms with van der Waals surface area (Å²) in [6.07, 6.45) is 8.19. The number of likely N-dealkylation sites (tertiary alicyclic amines) is 1. The number of nitrogens with one attached hydrogen (secondary N) is 1. The van der Waals surface area contributed by atoms with Gasteiger partial charge in [0, 0.05) is 31.0 Å². The maximum Gasteiger partial charge on any atom is 0.404 e. The monoisotopic (exact) mass is 659 g/mol. The number of rotatable bonds is 11. The van der Waals surface area contributed by atoms with Crippen molar-refractivity contribution in [2.45, 2.75) is 99.2 Å². The van der Waals surface area contributed by atoms with Gasteiger partial charge in [-0.2, -0.15) is 12.6 Å². The third-order valence-electron chi connectivity index (χ3n) is 7.13. The van der Waals surface area contributed by atoms with Crippen LogP contribution < -0.4 is 11.1 Å². The second-order valence-corrected chi connectivity index (χ2v) is 11.5. The van der Waals surface area contributed by atoms with Gasteiger partial charge in [-0.25, -0.2) is 4.79 Å². The molecule has 1 fully saturated rings. The maximum atomic E-state index is 12.5. The van der Waals surface area contributed by atoms with Crippen LogP contribution in [0.2, 0.25) is 0 Å². The van der Waals surface area contributed by atoms with Crippen LogP contribution in [0, 0.1) is 5.41 Å².